The molecule has 0 fully saturated rings. The molecule has 4 aromatic rings. The van der Waals surface area contributed by atoms with Gasteiger partial charge in [0.2, 0.25) is 5.76 Å². The molecule has 0 saturated heterocycles. The number of rotatable bonds is 6. The maximum absolute atomic E-state index is 13.8. The largest absolute Gasteiger partial charge is 0.493 e. The lowest BCUT2D eigenvalue weighted by atomic mass is 9.97. The van der Waals surface area contributed by atoms with Crippen molar-refractivity contribution in [3.8, 4) is 11.5 Å². The number of nitrogens with zero attached hydrogens (tertiary/aromatic N) is 2. The minimum atomic E-state index is -0.740. The van der Waals surface area contributed by atoms with Gasteiger partial charge in [-0.2, -0.15) is 0 Å². The molecule has 0 spiro atoms. The zero-order valence-electron chi connectivity index (χ0n) is 21.0. The molecule has 3 heterocycles. The first kappa shape index (κ1) is 23.6. The third-order valence-corrected chi connectivity index (χ3v) is 6.22. The van der Waals surface area contributed by atoms with Gasteiger partial charge in [0, 0.05) is 5.69 Å². The smallest absolute Gasteiger partial charge is 0.296 e. The van der Waals surface area contributed by atoms with Crippen molar-refractivity contribution in [2.45, 2.75) is 33.7 Å². The first-order valence-corrected chi connectivity index (χ1v) is 11.9. The van der Waals surface area contributed by atoms with E-state index in [4.69, 9.17) is 13.9 Å². The highest BCUT2D eigenvalue weighted by atomic mass is 16.5. The Morgan fingerprint density at radius 2 is 1.83 bits per heavy atom. The molecule has 2 aromatic carbocycles. The van der Waals surface area contributed by atoms with Crippen LogP contribution in [0.2, 0.25) is 0 Å². The van der Waals surface area contributed by atoms with Crippen molar-refractivity contribution in [1.29, 1.82) is 0 Å². The molecule has 2 aromatic heterocycles. The quantitative estimate of drug-likeness (QED) is 0.354. The molecule has 5 rings (SSSR count). The van der Waals surface area contributed by atoms with Crippen molar-refractivity contribution in [2.75, 3.05) is 18.6 Å². The van der Waals surface area contributed by atoms with Crippen LogP contribution in [0.15, 0.2) is 63.8 Å². The summed E-state index contributed by atoms with van der Waals surface area (Å²) < 4.78 is 17.6. The van der Waals surface area contributed by atoms with Gasteiger partial charge >= 0.3 is 0 Å². The van der Waals surface area contributed by atoms with E-state index in [1.807, 2.05) is 50.2 Å². The summed E-state index contributed by atoms with van der Waals surface area (Å²) in [6.45, 7) is 8.45. The number of carbonyl (C=O) groups is 1. The molecule has 0 N–H and O–H groups in total. The van der Waals surface area contributed by atoms with E-state index in [9.17, 15) is 9.59 Å². The fourth-order valence-electron chi connectivity index (χ4n) is 4.53. The van der Waals surface area contributed by atoms with E-state index in [-0.39, 0.29) is 11.2 Å². The number of pyridine rings is 1. The molecule has 0 unspecified atom stereocenters. The Hall–Kier alpha value is -4.13. The van der Waals surface area contributed by atoms with Crippen LogP contribution in [-0.2, 0) is 0 Å². The van der Waals surface area contributed by atoms with Gasteiger partial charge in [-0.3, -0.25) is 14.5 Å². The lowest BCUT2D eigenvalue weighted by Gasteiger charge is -2.25. The van der Waals surface area contributed by atoms with Crippen LogP contribution in [0.1, 0.15) is 52.8 Å². The van der Waals surface area contributed by atoms with Crippen LogP contribution in [0.3, 0.4) is 0 Å². The van der Waals surface area contributed by atoms with E-state index in [1.165, 1.54) is 4.90 Å². The first-order chi connectivity index (χ1) is 17.3. The van der Waals surface area contributed by atoms with Crippen LogP contribution >= 0.6 is 0 Å². The van der Waals surface area contributed by atoms with Crippen molar-refractivity contribution in [2.24, 2.45) is 5.92 Å². The number of ether oxygens (including phenoxy) is 2. The van der Waals surface area contributed by atoms with E-state index in [0.29, 0.717) is 51.9 Å². The second kappa shape index (κ2) is 9.15. The number of benzene rings is 2. The summed E-state index contributed by atoms with van der Waals surface area (Å²) >= 11 is 0. The van der Waals surface area contributed by atoms with Crippen molar-refractivity contribution in [3.63, 3.8) is 0 Å². The van der Waals surface area contributed by atoms with Crippen LogP contribution in [0.5, 0.6) is 11.5 Å². The molecule has 1 amide bonds. The lowest BCUT2D eigenvalue weighted by molar-refractivity contribution is 0.0970. The summed E-state index contributed by atoms with van der Waals surface area (Å²) in [6, 6.07) is 15.6. The summed E-state index contributed by atoms with van der Waals surface area (Å²) in [5, 5.41) is 0.439. The minimum absolute atomic E-state index is 0.0313. The Morgan fingerprint density at radius 3 is 2.56 bits per heavy atom. The molecule has 0 aliphatic carbocycles. The molecule has 0 radical (unpaired) electrons. The SMILES string of the molecule is COc1cc([C@@H]2c3c(oc4ccc(C)cc4c3=O)C(=O)N2c2cccc(C)n2)ccc1OCC(C)C. The van der Waals surface area contributed by atoms with E-state index < -0.39 is 11.9 Å². The number of carbonyl (C=O) groups excluding carboxylic acids is 1. The molecule has 1 aliphatic heterocycles. The van der Waals surface area contributed by atoms with Gasteiger partial charge in [0.05, 0.1) is 30.7 Å². The van der Waals surface area contributed by atoms with Gasteiger partial charge in [-0.15, -0.1) is 0 Å². The van der Waals surface area contributed by atoms with Crippen molar-refractivity contribution >= 4 is 22.7 Å². The molecule has 7 nitrogen and oxygen atoms in total. The Labute approximate surface area is 209 Å². The number of fused-ring (bicyclic) bond motifs is 2. The van der Waals surface area contributed by atoms with Gasteiger partial charge in [0.25, 0.3) is 5.91 Å². The normalized spacial score (nSPS) is 15.0. The molecule has 0 bridgehead atoms. The van der Waals surface area contributed by atoms with Crippen LogP contribution in [0, 0.1) is 19.8 Å². The highest BCUT2D eigenvalue weighted by molar-refractivity contribution is 6.10. The van der Waals surface area contributed by atoms with E-state index in [0.717, 1.165) is 11.3 Å². The van der Waals surface area contributed by atoms with E-state index in [1.54, 1.807) is 25.3 Å². The monoisotopic (exact) mass is 484 g/mol. The number of methoxy groups -OCH3 is 1. The highest BCUT2D eigenvalue weighted by Gasteiger charge is 2.44. The van der Waals surface area contributed by atoms with Gasteiger partial charge in [-0.1, -0.05) is 37.6 Å². The minimum Gasteiger partial charge on any atom is -0.493 e. The van der Waals surface area contributed by atoms with Crippen molar-refractivity contribution < 1.29 is 18.7 Å². The third kappa shape index (κ3) is 4.00. The van der Waals surface area contributed by atoms with Gasteiger partial charge in [-0.25, -0.2) is 4.98 Å². The fraction of sp³-hybridized carbons (Fsp3) is 0.276. The summed E-state index contributed by atoms with van der Waals surface area (Å²) in [7, 11) is 1.57. The summed E-state index contributed by atoms with van der Waals surface area (Å²) in [5.41, 5.74) is 2.82. The van der Waals surface area contributed by atoms with Crippen LogP contribution in [0.4, 0.5) is 5.82 Å². The molecular weight excluding hydrogens is 456 g/mol. The Balaban J connectivity index is 1.74. The number of aryl methyl sites for hydroxylation is 2. The standard InChI is InChI=1S/C29H28N2O5/c1-16(2)15-35-22-12-10-19(14-23(22)34-5)26-25-27(32)20-13-17(3)9-11-21(20)36-28(25)29(33)31(26)24-8-6-7-18(4)30-24/h6-14,16,26H,15H2,1-5H3/t26-/m1/s1. The first-order valence-electron chi connectivity index (χ1n) is 11.9. The number of aromatic nitrogens is 1. The molecular formula is C29H28N2O5. The number of anilines is 1. The van der Waals surface area contributed by atoms with Gasteiger partial charge in [-0.05, 0) is 61.7 Å². The van der Waals surface area contributed by atoms with Crippen LogP contribution in [-0.4, -0.2) is 24.6 Å². The lowest BCUT2D eigenvalue weighted by Crippen LogP contribution is -2.30. The van der Waals surface area contributed by atoms with Gasteiger partial charge in [0.1, 0.15) is 11.4 Å². The van der Waals surface area contributed by atoms with Gasteiger partial charge < -0.3 is 13.9 Å². The molecule has 1 atom stereocenters. The van der Waals surface area contributed by atoms with Gasteiger partial charge in [0.15, 0.2) is 16.9 Å². The van der Waals surface area contributed by atoms with Crippen LogP contribution in [0.25, 0.3) is 11.0 Å². The van der Waals surface area contributed by atoms with Crippen molar-refractivity contribution in [1.82, 2.24) is 4.98 Å². The summed E-state index contributed by atoms with van der Waals surface area (Å²) in [4.78, 5) is 33.7. The van der Waals surface area contributed by atoms with E-state index in [2.05, 4.69) is 18.8 Å². The Bertz CT molecular complexity index is 1540. The van der Waals surface area contributed by atoms with Crippen LogP contribution < -0.4 is 19.8 Å². The number of hydrogen-bond acceptors (Lipinski definition) is 6. The average Bonchev–Trinajstić information content (AvgIpc) is 3.15. The topological polar surface area (TPSA) is 81.9 Å². The predicted molar refractivity (Wildman–Crippen MR) is 138 cm³/mol. The van der Waals surface area contributed by atoms with E-state index >= 15 is 0 Å². The zero-order valence-corrected chi connectivity index (χ0v) is 21.0. The highest BCUT2D eigenvalue weighted by Crippen LogP contribution is 2.43. The maximum atomic E-state index is 13.8. The molecule has 36 heavy (non-hydrogen) atoms. The fourth-order valence-corrected chi connectivity index (χ4v) is 4.53. The number of hydrogen-bond donors (Lipinski definition) is 0. The zero-order chi connectivity index (χ0) is 25.6. The Kier molecular flexibility index (Phi) is 6.00. The maximum Gasteiger partial charge on any atom is 0.296 e. The predicted octanol–water partition coefficient (Wildman–Crippen LogP) is 5.60. The summed E-state index contributed by atoms with van der Waals surface area (Å²) in [5.74, 6) is 1.52. The molecule has 184 valence electrons. The number of amides is 1. The third-order valence-electron chi connectivity index (χ3n) is 6.22. The molecule has 0 saturated carbocycles. The second-order valence-electron chi connectivity index (χ2n) is 9.50. The second-order valence-corrected chi connectivity index (χ2v) is 9.50. The molecule has 1 aliphatic rings. The Morgan fingerprint density at radius 1 is 1.03 bits per heavy atom. The average molecular weight is 485 g/mol. The molecule has 7 heteroatoms. The van der Waals surface area contributed by atoms with Crippen molar-refractivity contribution in [3.05, 3.63) is 93.0 Å². The summed E-state index contributed by atoms with van der Waals surface area (Å²) in [6.07, 6.45) is 0.